The van der Waals surface area contributed by atoms with Gasteiger partial charge < -0.3 is 19.8 Å². The Kier molecular flexibility index (Phi) is 5.85. The third kappa shape index (κ3) is 4.09. The van der Waals surface area contributed by atoms with Crippen LogP contribution in [0.15, 0.2) is 65.0 Å². The molecule has 0 bridgehead atoms. The molecule has 8 nitrogen and oxygen atoms in total. The van der Waals surface area contributed by atoms with Crippen molar-refractivity contribution in [1.29, 1.82) is 0 Å². The van der Waals surface area contributed by atoms with Crippen molar-refractivity contribution in [3.8, 4) is 5.75 Å². The number of hydrogen-bond donors (Lipinski definition) is 2. The average molecular weight is 439 g/mol. The van der Waals surface area contributed by atoms with Crippen molar-refractivity contribution < 1.29 is 19.1 Å². The molecule has 2 aromatic carbocycles. The lowest BCUT2D eigenvalue weighted by Gasteiger charge is -2.34. The fourth-order valence-electron chi connectivity index (χ4n) is 3.48. The number of benzene rings is 2. The summed E-state index contributed by atoms with van der Waals surface area (Å²) in [6, 6.07) is 14.1. The van der Waals surface area contributed by atoms with Crippen LogP contribution >= 0.6 is 11.8 Å². The van der Waals surface area contributed by atoms with Gasteiger partial charge in [0.05, 0.1) is 36.9 Å². The van der Waals surface area contributed by atoms with E-state index in [0.717, 1.165) is 22.3 Å². The first-order chi connectivity index (χ1) is 15.0. The normalized spacial score (nSPS) is 16.4. The number of nitrogens with zero attached hydrogens (tertiary/aromatic N) is 2. The number of imidazole rings is 1. The number of urea groups is 1. The molecule has 0 saturated carbocycles. The number of amides is 2. The van der Waals surface area contributed by atoms with Crippen LogP contribution in [-0.4, -0.2) is 53.9 Å². The van der Waals surface area contributed by atoms with E-state index in [1.54, 1.807) is 14.2 Å². The minimum Gasteiger partial charge on any atom is -0.497 e. The standard InChI is InChI=1S/C22H22N4O4S/c1-26-17(12-31-21-23-15-10-9-14(29-2)11-16(15)24-21)18(20(27)30-3)19(25-22(26)28)13-7-5-4-6-8-13/h4-11,19H,12H2,1-3H3,(H,23,24)(H,25,28). The Morgan fingerprint density at radius 3 is 2.68 bits per heavy atom. The predicted octanol–water partition coefficient (Wildman–Crippen LogP) is 3.49. The van der Waals surface area contributed by atoms with Crippen LogP contribution < -0.4 is 10.1 Å². The molecule has 1 aromatic heterocycles. The van der Waals surface area contributed by atoms with Gasteiger partial charge in [-0.1, -0.05) is 42.1 Å². The van der Waals surface area contributed by atoms with Crippen LogP contribution in [0.25, 0.3) is 11.0 Å². The van der Waals surface area contributed by atoms with E-state index in [1.165, 1.54) is 23.8 Å². The summed E-state index contributed by atoms with van der Waals surface area (Å²) in [5, 5.41) is 3.57. The number of nitrogens with one attached hydrogen (secondary N) is 2. The van der Waals surface area contributed by atoms with E-state index in [-0.39, 0.29) is 6.03 Å². The van der Waals surface area contributed by atoms with Gasteiger partial charge in [-0.3, -0.25) is 4.90 Å². The van der Waals surface area contributed by atoms with Gasteiger partial charge in [-0.25, -0.2) is 14.6 Å². The summed E-state index contributed by atoms with van der Waals surface area (Å²) in [5.74, 6) is 0.609. The number of esters is 1. The minimum atomic E-state index is -0.590. The molecular formula is C22H22N4O4S. The molecule has 1 atom stereocenters. The topological polar surface area (TPSA) is 96.6 Å². The summed E-state index contributed by atoms with van der Waals surface area (Å²) in [5.41, 5.74) is 3.44. The highest BCUT2D eigenvalue weighted by Crippen LogP contribution is 2.33. The quantitative estimate of drug-likeness (QED) is 0.452. The number of aromatic nitrogens is 2. The molecule has 2 amide bonds. The zero-order valence-corrected chi connectivity index (χ0v) is 18.2. The molecule has 2 N–H and O–H groups in total. The van der Waals surface area contributed by atoms with Crippen LogP contribution in [0.2, 0.25) is 0 Å². The molecular weight excluding hydrogens is 416 g/mol. The van der Waals surface area contributed by atoms with Gasteiger partial charge in [0.15, 0.2) is 5.16 Å². The van der Waals surface area contributed by atoms with E-state index in [0.29, 0.717) is 22.2 Å². The Labute approximate surface area is 183 Å². The summed E-state index contributed by atoms with van der Waals surface area (Å²) in [6.45, 7) is 0. The van der Waals surface area contributed by atoms with Crippen LogP contribution in [0.1, 0.15) is 11.6 Å². The minimum absolute atomic E-state index is 0.286. The zero-order chi connectivity index (χ0) is 22.0. The monoisotopic (exact) mass is 438 g/mol. The molecule has 0 aliphatic carbocycles. The molecule has 4 rings (SSSR count). The maximum Gasteiger partial charge on any atom is 0.338 e. The number of thioether (sulfide) groups is 1. The van der Waals surface area contributed by atoms with Crippen LogP contribution in [-0.2, 0) is 9.53 Å². The van der Waals surface area contributed by atoms with E-state index >= 15 is 0 Å². The van der Waals surface area contributed by atoms with Gasteiger partial charge in [-0.2, -0.15) is 0 Å². The zero-order valence-electron chi connectivity index (χ0n) is 17.3. The first-order valence-electron chi connectivity index (χ1n) is 9.59. The number of rotatable bonds is 6. The Morgan fingerprint density at radius 2 is 1.97 bits per heavy atom. The summed E-state index contributed by atoms with van der Waals surface area (Å²) < 4.78 is 10.3. The van der Waals surface area contributed by atoms with Crippen LogP contribution in [0, 0.1) is 0 Å². The van der Waals surface area contributed by atoms with Gasteiger partial charge in [-0.15, -0.1) is 0 Å². The highest BCUT2D eigenvalue weighted by molar-refractivity contribution is 7.99. The van der Waals surface area contributed by atoms with Gasteiger partial charge in [0, 0.05) is 24.6 Å². The lowest BCUT2D eigenvalue weighted by molar-refractivity contribution is -0.136. The number of carbonyl (C=O) groups is 2. The van der Waals surface area contributed by atoms with Crippen LogP contribution in [0.4, 0.5) is 4.79 Å². The number of carbonyl (C=O) groups excluding carboxylic acids is 2. The van der Waals surface area contributed by atoms with Crippen LogP contribution in [0.5, 0.6) is 5.75 Å². The highest BCUT2D eigenvalue weighted by atomic mass is 32.2. The van der Waals surface area contributed by atoms with E-state index in [2.05, 4.69) is 15.3 Å². The fourth-order valence-corrected chi connectivity index (χ4v) is 4.44. The molecule has 0 spiro atoms. The van der Waals surface area contributed by atoms with Crippen molar-refractivity contribution in [2.45, 2.75) is 11.2 Å². The van der Waals surface area contributed by atoms with Crippen molar-refractivity contribution in [2.24, 2.45) is 0 Å². The lowest BCUT2D eigenvalue weighted by atomic mass is 9.95. The molecule has 2 heterocycles. The molecule has 0 radical (unpaired) electrons. The second kappa shape index (κ2) is 8.73. The van der Waals surface area contributed by atoms with Gasteiger partial charge in [0.25, 0.3) is 0 Å². The van der Waals surface area contributed by atoms with Crippen molar-refractivity contribution in [3.63, 3.8) is 0 Å². The molecule has 9 heteroatoms. The molecule has 0 saturated heterocycles. The van der Waals surface area contributed by atoms with Crippen molar-refractivity contribution in [2.75, 3.05) is 27.0 Å². The summed E-state index contributed by atoms with van der Waals surface area (Å²) >= 11 is 1.41. The Hall–Kier alpha value is -3.46. The third-order valence-corrected chi connectivity index (χ3v) is 6.01. The summed E-state index contributed by atoms with van der Waals surface area (Å²) in [6.07, 6.45) is 0. The Balaban J connectivity index is 1.69. The number of ether oxygens (including phenoxy) is 2. The largest absolute Gasteiger partial charge is 0.497 e. The number of hydrogen-bond acceptors (Lipinski definition) is 6. The first kappa shape index (κ1) is 20.8. The molecule has 1 unspecified atom stereocenters. The number of H-pyrrole nitrogens is 1. The first-order valence-corrected chi connectivity index (χ1v) is 10.6. The SMILES string of the molecule is COC(=O)C1=C(CSc2nc3ccc(OC)cc3[nH]2)N(C)C(=O)NC1c1ccccc1. The third-order valence-electron chi connectivity index (χ3n) is 5.13. The molecule has 1 aliphatic rings. The highest BCUT2D eigenvalue weighted by Gasteiger charge is 2.36. The lowest BCUT2D eigenvalue weighted by Crippen LogP contribution is -2.47. The molecule has 160 valence electrons. The smallest absolute Gasteiger partial charge is 0.338 e. The van der Waals surface area contributed by atoms with Gasteiger partial charge in [-0.05, 0) is 17.7 Å². The molecule has 1 aliphatic heterocycles. The van der Waals surface area contributed by atoms with Gasteiger partial charge in [0.2, 0.25) is 0 Å². The number of methoxy groups -OCH3 is 2. The van der Waals surface area contributed by atoms with Crippen molar-refractivity contribution in [3.05, 3.63) is 65.4 Å². The maximum atomic E-state index is 12.7. The fraction of sp³-hybridized carbons (Fsp3) is 0.227. The molecule has 0 fully saturated rings. The van der Waals surface area contributed by atoms with E-state index in [1.807, 2.05) is 48.5 Å². The van der Waals surface area contributed by atoms with Gasteiger partial charge >= 0.3 is 12.0 Å². The van der Waals surface area contributed by atoms with Crippen molar-refractivity contribution in [1.82, 2.24) is 20.2 Å². The second-order valence-corrected chi connectivity index (χ2v) is 7.88. The predicted molar refractivity (Wildman–Crippen MR) is 118 cm³/mol. The average Bonchev–Trinajstić information content (AvgIpc) is 3.21. The van der Waals surface area contributed by atoms with E-state index in [4.69, 9.17) is 9.47 Å². The molecule has 3 aromatic rings. The van der Waals surface area contributed by atoms with Crippen molar-refractivity contribution >= 4 is 34.8 Å². The Morgan fingerprint density at radius 1 is 1.19 bits per heavy atom. The molecule has 31 heavy (non-hydrogen) atoms. The van der Waals surface area contributed by atoms with E-state index < -0.39 is 12.0 Å². The van der Waals surface area contributed by atoms with Gasteiger partial charge in [0.1, 0.15) is 5.75 Å². The Bertz CT molecular complexity index is 1160. The number of aromatic amines is 1. The van der Waals surface area contributed by atoms with Crippen LogP contribution in [0.3, 0.4) is 0 Å². The van der Waals surface area contributed by atoms with E-state index in [9.17, 15) is 9.59 Å². The summed E-state index contributed by atoms with van der Waals surface area (Å²) in [4.78, 5) is 34.7. The second-order valence-electron chi connectivity index (χ2n) is 6.92. The summed E-state index contributed by atoms with van der Waals surface area (Å²) in [7, 11) is 4.59. The maximum absolute atomic E-state index is 12.7. The number of fused-ring (bicyclic) bond motifs is 1.